The third-order valence-electron chi connectivity index (χ3n) is 4.09. The largest absolute Gasteiger partial charge is 0.481 e. The Hall–Kier alpha value is -2.97. The lowest BCUT2D eigenvalue weighted by Gasteiger charge is -2.34. The van der Waals surface area contributed by atoms with Gasteiger partial charge < -0.3 is 29.7 Å². The zero-order valence-electron chi connectivity index (χ0n) is 13.6. The third kappa shape index (κ3) is 3.93. The topological polar surface area (TPSA) is 108 Å². The molecule has 2 N–H and O–H groups in total. The van der Waals surface area contributed by atoms with Gasteiger partial charge in [0.25, 0.3) is 5.91 Å². The van der Waals surface area contributed by atoms with Gasteiger partial charge in [-0.2, -0.15) is 0 Å². The summed E-state index contributed by atoms with van der Waals surface area (Å²) in [6, 6.07) is 4.76. The van der Waals surface area contributed by atoms with Crippen LogP contribution in [0.2, 0.25) is 0 Å². The molecule has 9 heteroatoms. The number of carboxylic acids is 1. The smallest absolute Gasteiger partial charge is 0.317 e. The lowest BCUT2D eigenvalue weighted by atomic mass is 10.1. The fourth-order valence-electron chi connectivity index (χ4n) is 2.71. The first-order valence-electron chi connectivity index (χ1n) is 7.98. The summed E-state index contributed by atoms with van der Waals surface area (Å²) in [6.07, 6.45) is -0.117. The molecule has 2 heterocycles. The molecule has 25 heavy (non-hydrogen) atoms. The van der Waals surface area contributed by atoms with E-state index in [1.165, 1.54) is 0 Å². The highest BCUT2D eigenvalue weighted by molar-refractivity contribution is 5.95. The van der Waals surface area contributed by atoms with Crippen molar-refractivity contribution in [3.05, 3.63) is 23.8 Å². The summed E-state index contributed by atoms with van der Waals surface area (Å²) in [5, 5.41) is 11.1. The molecule has 3 amide bonds. The van der Waals surface area contributed by atoms with Crippen LogP contribution < -0.4 is 14.8 Å². The Balaban J connectivity index is 1.51. The average molecular weight is 349 g/mol. The maximum Gasteiger partial charge on any atom is 0.317 e. The van der Waals surface area contributed by atoms with Crippen molar-refractivity contribution in [3.63, 3.8) is 0 Å². The first kappa shape index (κ1) is 16.9. The Morgan fingerprint density at radius 2 is 1.72 bits per heavy atom. The molecule has 0 unspecified atom stereocenters. The van der Waals surface area contributed by atoms with E-state index in [4.69, 9.17) is 14.6 Å². The first-order valence-corrected chi connectivity index (χ1v) is 7.98. The summed E-state index contributed by atoms with van der Waals surface area (Å²) in [4.78, 5) is 38.2. The molecule has 0 bridgehead atoms. The van der Waals surface area contributed by atoms with Gasteiger partial charge in [-0.05, 0) is 18.2 Å². The molecule has 0 atom stereocenters. The molecule has 0 radical (unpaired) electrons. The van der Waals surface area contributed by atoms with Gasteiger partial charge in [0.05, 0.1) is 6.42 Å². The highest BCUT2D eigenvalue weighted by atomic mass is 16.7. The maximum atomic E-state index is 12.6. The number of benzene rings is 1. The molecule has 9 nitrogen and oxygen atoms in total. The van der Waals surface area contributed by atoms with Crippen LogP contribution in [0.15, 0.2) is 18.2 Å². The van der Waals surface area contributed by atoms with Crippen LogP contribution in [0.4, 0.5) is 4.79 Å². The van der Waals surface area contributed by atoms with Gasteiger partial charge >= 0.3 is 12.0 Å². The van der Waals surface area contributed by atoms with E-state index in [1.807, 2.05) is 0 Å². The number of nitrogens with zero attached hydrogens (tertiary/aromatic N) is 2. The predicted molar refractivity (Wildman–Crippen MR) is 85.7 cm³/mol. The van der Waals surface area contributed by atoms with Crippen LogP contribution in [0.3, 0.4) is 0 Å². The van der Waals surface area contributed by atoms with Gasteiger partial charge in [0.15, 0.2) is 11.5 Å². The number of carbonyl (C=O) groups excluding carboxylic acids is 2. The number of rotatable bonds is 4. The average Bonchev–Trinajstić information content (AvgIpc) is 3.08. The van der Waals surface area contributed by atoms with E-state index < -0.39 is 5.97 Å². The molecule has 0 saturated carbocycles. The summed E-state index contributed by atoms with van der Waals surface area (Å²) in [5.41, 5.74) is 0.517. The number of ether oxygens (including phenoxy) is 2. The van der Waals surface area contributed by atoms with Crippen molar-refractivity contribution >= 4 is 17.9 Å². The van der Waals surface area contributed by atoms with Crippen molar-refractivity contribution in [1.29, 1.82) is 0 Å². The standard InChI is InChI=1S/C16H19N3O6/c20-14(21)3-4-17-16(23)19-7-5-18(6-8-19)15(22)11-1-2-12-13(9-11)25-10-24-12/h1-2,9H,3-8,10H2,(H,17,23)(H,20,21). The Morgan fingerprint density at radius 3 is 2.44 bits per heavy atom. The number of fused-ring (bicyclic) bond motifs is 1. The Morgan fingerprint density at radius 1 is 1.04 bits per heavy atom. The van der Waals surface area contributed by atoms with Crippen molar-refractivity contribution in [2.75, 3.05) is 39.5 Å². The molecule has 2 aliphatic heterocycles. The fourth-order valence-corrected chi connectivity index (χ4v) is 2.71. The molecule has 1 aromatic rings. The zero-order valence-corrected chi connectivity index (χ0v) is 13.6. The number of aliphatic carboxylic acids is 1. The highest BCUT2D eigenvalue weighted by Crippen LogP contribution is 2.32. The van der Waals surface area contributed by atoms with Crippen LogP contribution >= 0.6 is 0 Å². The van der Waals surface area contributed by atoms with Gasteiger partial charge in [-0.15, -0.1) is 0 Å². The third-order valence-corrected chi connectivity index (χ3v) is 4.09. The van der Waals surface area contributed by atoms with E-state index in [1.54, 1.807) is 28.0 Å². The van der Waals surface area contributed by atoms with Gasteiger partial charge in [-0.25, -0.2) is 4.79 Å². The van der Waals surface area contributed by atoms with Gasteiger partial charge in [-0.3, -0.25) is 9.59 Å². The zero-order chi connectivity index (χ0) is 17.8. The quantitative estimate of drug-likeness (QED) is 0.812. The Kier molecular flexibility index (Phi) is 4.92. The first-order chi connectivity index (χ1) is 12.0. The Bertz CT molecular complexity index is 684. The van der Waals surface area contributed by atoms with E-state index in [0.29, 0.717) is 43.2 Å². The molecule has 0 spiro atoms. The van der Waals surface area contributed by atoms with Crippen LogP contribution in [0.1, 0.15) is 16.8 Å². The van der Waals surface area contributed by atoms with E-state index >= 15 is 0 Å². The van der Waals surface area contributed by atoms with Crippen LogP contribution in [-0.4, -0.2) is 72.3 Å². The number of hydrogen-bond donors (Lipinski definition) is 2. The van der Waals surface area contributed by atoms with Crippen LogP contribution in [0.25, 0.3) is 0 Å². The highest BCUT2D eigenvalue weighted by Gasteiger charge is 2.26. The SMILES string of the molecule is O=C(O)CCNC(=O)N1CCN(C(=O)c2ccc3c(c2)OCO3)CC1. The molecule has 1 fully saturated rings. The number of nitrogens with one attached hydrogen (secondary N) is 1. The number of hydrogen-bond acceptors (Lipinski definition) is 5. The van der Waals surface area contributed by atoms with Crippen molar-refractivity contribution in [2.45, 2.75) is 6.42 Å². The molecule has 1 aromatic carbocycles. The number of piperazine rings is 1. The van der Waals surface area contributed by atoms with Gasteiger partial charge in [0.1, 0.15) is 0 Å². The maximum absolute atomic E-state index is 12.6. The normalized spacial score (nSPS) is 15.8. The van der Waals surface area contributed by atoms with Crippen LogP contribution in [0.5, 0.6) is 11.5 Å². The molecular weight excluding hydrogens is 330 g/mol. The van der Waals surface area contributed by atoms with E-state index in [9.17, 15) is 14.4 Å². The lowest BCUT2D eigenvalue weighted by molar-refractivity contribution is -0.136. The molecule has 134 valence electrons. The van der Waals surface area contributed by atoms with Gasteiger partial charge in [-0.1, -0.05) is 0 Å². The van der Waals surface area contributed by atoms with Crippen molar-refractivity contribution in [2.24, 2.45) is 0 Å². The van der Waals surface area contributed by atoms with Crippen molar-refractivity contribution < 1.29 is 29.0 Å². The monoisotopic (exact) mass is 349 g/mol. The molecule has 3 rings (SSSR count). The van der Waals surface area contributed by atoms with Crippen molar-refractivity contribution in [1.82, 2.24) is 15.1 Å². The van der Waals surface area contributed by atoms with Gasteiger partial charge in [0.2, 0.25) is 6.79 Å². The predicted octanol–water partition coefficient (Wildman–Crippen LogP) is 0.357. The summed E-state index contributed by atoms with van der Waals surface area (Å²) in [6.45, 7) is 1.87. The minimum atomic E-state index is -0.959. The second-order valence-electron chi connectivity index (χ2n) is 5.72. The van der Waals surface area contributed by atoms with E-state index in [-0.39, 0.29) is 31.7 Å². The summed E-state index contributed by atoms with van der Waals surface area (Å²) in [5.74, 6) is 0.102. The minimum absolute atomic E-state index is 0.0878. The molecule has 2 aliphatic rings. The van der Waals surface area contributed by atoms with E-state index in [0.717, 1.165) is 0 Å². The molecule has 1 saturated heterocycles. The summed E-state index contributed by atoms with van der Waals surface area (Å²) in [7, 11) is 0. The summed E-state index contributed by atoms with van der Waals surface area (Å²) >= 11 is 0. The Labute approximate surface area is 144 Å². The number of carboxylic acid groups (broad SMARTS) is 1. The summed E-state index contributed by atoms with van der Waals surface area (Å²) < 4.78 is 10.5. The second kappa shape index (κ2) is 7.29. The fraction of sp³-hybridized carbons (Fsp3) is 0.438. The lowest BCUT2D eigenvalue weighted by Crippen LogP contribution is -2.53. The number of urea groups is 1. The molecule has 0 aliphatic carbocycles. The molecule has 0 aromatic heterocycles. The van der Waals surface area contributed by atoms with Crippen molar-refractivity contribution in [3.8, 4) is 11.5 Å². The van der Waals surface area contributed by atoms with Crippen LogP contribution in [0, 0.1) is 0 Å². The van der Waals surface area contributed by atoms with Crippen LogP contribution in [-0.2, 0) is 4.79 Å². The minimum Gasteiger partial charge on any atom is -0.481 e. The van der Waals surface area contributed by atoms with Gasteiger partial charge in [0, 0.05) is 38.3 Å². The second-order valence-corrected chi connectivity index (χ2v) is 5.72. The number of carbonyl (C=O) groups is 3. The molecular formula is C16H19N3O6. The number of amides is 3. The van der Waals surface area contributed by atoms with E-state index in [2.05, 4.69) is 5.32 Å².